The lowest BCUT2D eigenvalue weighted by atomic mass is 9.91. The van der Waals surface area contributed by atoms with Crippen molar-refractivity contribution < 1.29 is 23.0 Å². The van der Waals surface area contributed by atoms with Gasteiger partial charge in [0, 0.05) is 34.7 Å². The highest BCUT2D eigenvalue weighted by Crippen LogP contribution is 2.39. The third kappa shape index (κ3) is 6.75. The van der Waals surface area contributed by atoms with Crippen LogP contribution >= 0.6 is 0 Å². The van der Waals surface area contributed by atoms with Gasteiger partial charge in [-0.2, -0.15) is 0 Å². The smallest absolute Gasteiger partial charge is 0.410 e. The standard InChI is InChI=1S/C37H44F2N4O3/c1-23-28-19-24(8-9-25(28)14-18-43(23)36(44)46-37(2,3)4)7-6-15-42-16-12-26(13-17-42)32-21-30-34(31(39)22-40-35(30)41-32)29-20-27(38)10-11-33(29)45-5/h8-11,19-23,26H,6-7,12-18H2,1-5H3,(H,40,41). The number of amides is 1. The van der Waals surface area contributed by atoms with E-state index in [2.05, 4.69) is 40.0 Å². The first kappa shape index (κ1) is 32.0. The molecule has 0 spiro atoms. The molecule has 1 amide bonds. The number of rotatable bonds is 7. The molecule has 2 aliphatic rings. The number of carbonyl (C=O) groups is 1. The van der Waals surface area contributed by atoms with Crippen molar-refractivity contribution in [3.63, 3.8) is 0 Å². The Hall–Kier alpha value is -3.98. The largest absolute Gasteiger partial charge is 0.496 e. The van der Waals surface area contributed by atoms with Crippen molar-refractivity contribution in [3.05, 3.63) is 82.7 Å². The lowest BCUT2D eigenvalue weighted by Gasteiger charge is -2.36. The van der Waals surface area contributed by atoms with Gasteiger partial charge in [0.1, 0.15) is 28.6 Å². The van der Waals surface area contributed by atoms with Gasteiger partial charge in [0.05, 0.1) is 19.3 Å². The number of H-pyrrole nitrogens is 1. The number of aromatic amines is 1. The lowest BCUT2D eigenvalue weighted by molar-refractivity contribution is 0.0159. The molecule has 0 radical (unpaired) electrons. The fourth-order valence-electron chi connectivity index (χ4n) is 7.00. The number of ether oxygens (including phenoxy) is 2. The Morgan fingerprint density at radius 1 is 1.07 bits per heavy atom. The molecule has 244 valence electrons. The predicted octanol–water partition coefficient (Wildman–Crippen LogP) is 8.18. The van der Waals surface area contributed by atoms with E-state index >= 15 is 4.39 Å². The number of hydrogen-bond donors (Lipinski definition) is 1. The highest BCUT2D eigenvalue weighted by molar-refractivity contribution is 5.95. The molecular weight excluding hydrogens is 586 g/mol. The Labute approximate surface area is 269 Å². The Balaban J connectivity index is 1.06. The molecule has 0 bridgehead atoms. The third-order valence-electron chi connectivity index (χ3n) is 9.41. The number of aromatic nitrogens is 2. The van der Waals surface area contributed by atoms with Crippen molar-refractivity contribution in [3.8, 4) is 16.9 Å². The minimum absolute atomic E-state index is 0.0131. The first-order valence-corrected chi connectivity index (χ1v) is 16.4. The van der Waals surface area contributed by atoms with Gasteiger partial charge in [-0.15, -0.1) is 0 Å². The fourth-order valence-corrected chi connectivity index (χ4v) is 7.00. The van der Waals surface area contributed by atoms with E-state index in [4.69, 9.17) is 9.47 Å². The monoisotopic (exact) mass is 630 g/mol. The molecule has 1 N–H and O–H groups in total. The van der Waals surface area contributed by atoms with Crippen LogP contribution in [0.3, 0.4) is 0 Å². The number of pyridine rings is 1. The zero-order valence-electron chi connectivity index (χ0n) is 27.5. The molecule has 0 saturated carbocycles. The number of halogens is 2. The molecule has 1 unspecified atom stereocenters. The van der Waals surface area contributed by atoms with E-state index in [1.165, 1.54) is 48.2 Å². The number of likely N-dealkylation sites (tertiary alicyclic amines) is 1. The van der Waals surface area contributed by atoms with Gasteiger partial charge in [0.15, 0.2) is 0 Å². The van der Waals surface area contributed by atoms with Crippen LogP contribution < -0.4 is 4.74 Å². The molecule has 2 aromatic carbocycles. The van der Waals surface area contributed by atoms with E-state index in [0.29, 0.717) is 40.4 Å². The molecule has 2 aromatic heterocycles. The average Bonchev–Trinajstić information content (AvgIpc) is 3.45. The van der Waals surface area contributed by atoms with Gasteiger partial charge in [0.2, 0.25) is 0 Å². The van der Waals surface area contributed by atoms with Crippen molar-refractivity contribution in [2.45, 2.75) is 77.4 Å². The summed E-state index contributed by atoms with van der Waals surface area (Å²) in [5.74, 6) is -0.234. The molecule has 46 heavy (non-hydrogen) atoms. The molecule has 0 aliphatic carbocycles. The maximum Gasteiger partial charge on any atom is 0.410 e. The quantitative estimate of drug-likeness (QED) is 0.223. The Bertz CT molecular complexity index is 1720. The molecular formula is C37H44F2N4O3. The van der Waals surface area contributed by atoms with Crippen LogP contribution in [0.5, 0.6) is 5.75 Å². The minimum Gasteiger partial charge on any atom is -0.496 e. The topological polar surface area (TPSA) is 70.7 Å². The first-order valence-electron chi connectivity index (χ1n) is 16.4. The number of piperidine rings is 1. The van der Waals surface area contributed by atoms with Gasteiger partial charge in [0.25, 0.3) is 0 Å². The van der Waals surface area contributed by atoms with Crippen LogP contribution in [0.25, 0.3) is 22.2 Å². The molecule has 9 heteroatoms. The van der Waals surface area contributed by atoms with Crippen LogP contribution in [0.2, 0.25) is 0 Å². The molecule has 4 heterocycles. The number of methoxy groups -OCH3 is 1. The molecule has 1 atom stereocenters. The van der Waals surface area contributed by atoms with E-state index in [0.717, 1.165) is 57.4 Å². The Morgan fingerprint density at radius 2 is 1.85 bits per heavy atom. The Morgan fingerprint density at radius 3 is 2.59 bits per heavy atom. The zero-order valence-corrected chi connectivity index (χ0v) is 27.5. The van der Waals surface area contributed by atoms with Crippen molar-refractivity contribution >= 4 is 17.1 Å². The normalized spacial score (nSPS) is 17.7. The molecule has 7 nitrogen and oxygen atoms in total. The minimum atomic E-state index is -0.512. The van der Waals surface area contributed by atoms with Gasteiger partial charge < -0.3 is 24.3 Å². The highest BCUT2D eigenvalue weighted by Gasteiger charge is 2.31. The summed E-state index contributed by atoms with van der Waals surface area (Å²) in [4.78, 5) is 24.9. The van der Waals surface area contributed by atoms with Crippen LogP contribution in [0.1, 0.15) is 81.3 Å². The molecule has 6 rings (SSSR count). The van der Waals surface area contributed by atoms with Crippen LogP contribution in [-0.2, 0) is 17.6 Å². The summed E-state index contributed by atoms with van der Waals surface area (Å²) in [6.07, 6.45) is 5.80. The van der Waals surface area contributed by atoms with Crippen LogP contribution in [0.15, 0.2) is 48.7 Å². The summed E-state index contributed by atoms with van der Waals surface area (Å²) in [6.45, 7) is 11.5. The summed E-state index contributed by atoms with van der Waals surface area (Å²) >= 11 is 0. The number of carbonyl (C=O) groups excluding carboxylic acids is 1. The van der Waals surface area contributed by atoms with Gasteiger partial charge >= 0.3 is 6.09 Å². The number of nitrogens with zero attached hydrogens (tertiary/aromatic N) is 3. The van der Waals surface area contributed by atoms with Crippen molar-refractivity contribution in [2.75, 3.05) is 33.3 Å². The second kappa shape index (κ2) is 13.0. The maximum atomic E-state index is 15.1. The number of aryl methyl sites for hydroxylation is 1. The molecule has 4 aromatic rings. The van der Waals surface area contributed by atoms with Crippen LogP contribution in [0.4, 0.5) is 13.6 Å². The fraction of sp³-hybridized carbons (Fsp3) is 0.459. The van der Waals surface area contributed by atoms with E-state index in [1.807, 2.05) is 31.7 Å². The van der Waals surface area contributed by atoms with Crippen molar-refractivity contribution in [2.24, 2.45) is 0 Å². The molecule has 1 saturated heterocycles. The maximum absolute atomic E-state index is 15.1. The van der Waals surface area contributed by atoms with Gasteiger partial charge in [-0.05, 0) is 120 Å². The second-order valence-corrected chi connectivity index (χ2v) is 13.7. The SMILES string of the molecule is COc1ccc(F)cc1-c1c(F)cnc2[nH]c(C3CCN(CCCc4ccc5c(c4)C(C)N(C(=O)OC(C)(C)C)CC5)CC3)cc12. The van der Waals surface area contributed by atoms with Crippen LogP contribution in [0, 0.1) is 11.6 Å². The van der Waals surface area contributed by atoms with E-state index < -0.39 is 17.2 Å². The average molecular weight is 631 g/mol. The summed E-state index contributed by atoms with van der Waals surface area (Å²) in [5, 5.41) is 0.634. The summed E-state index contributed by atoms with van der Waals surface area (Å²) < 4.78 is 40.4. The van der Waals surface area contributed by atoms with E-state index in [1.54, 1.807) is 0 Å². The summed E-state index contributed by atoms with van der Waals surface area (Å²) in [6, 6.07) is 12.9. The number of fused-ring (bicyclic) bond motifs is 2. The zero-order chi connectivity index (χ0) is 32.6. The lowest BCUT2D eigenvalue weighted by Crippen LogP contribution is -2.42. The van der Waals surface area contributed by atoms with Crippen molar-refractivity contribution in [1.82, 2.24) is 19.8 Å². The molecule has 2 aliphatic heterocycles. The third-order valence-corrected chi connectivity index (χ3v) is 9.41. The van der Waals surface area contributed by atoms with Gasteiger partial charge in [-0.3, -0.25) is 0 Å². The second-order valence-electron chi connectivity index (χ2n) is 13.7. The summed E-state index contributed by atoms with van der Waals surface area (Å²) in [7, 11) is 1.50. The number of benzene rings is 2. The van der Waals surface area contributed by atoms with E-state index in [-0.39, 0.29) is 12.1 Å². The molecule has 1 fully saturated rings. The number of nitrogens with one attached hydrogen (secondary N) is 1. The van der Waals surface area contributed by atoms with E-state index in [9.17, 15) is 9.18 Å². The first-order chi connectivity index (χ1) is 22.0. The highest BCUT2D eigenvalue weighted by atomic mass is 19.1. The van der Waals surface area contributed by atoms with Crippen LogP contribution in [-0.4, -0.2) is 64.8 Å². The Kier molecular flexibility index (Phi) is 9.06. The van der Waals surface area contributed by atoms with Crippen molar-refractivity contribution in [1.29, 1.82) is 0 Å². The van der Waals surface area contributed by atoms with Gasteiger partial charge in [-0.1, -0.05) is 18.2 Å². The number of hydrogen-bond acceptors (Lipinski definition) is 5. The van der Waals surface area contributed by atoms with Gasteiger partial charge in [-0.25, -0.2) is 18.6 Å². The summed E-state index contributed by atoms with van der Waals surface area (Å²) in [5.41, 5.74) is 5.63. The predicted molar refractivity (Wildman–Crippen MR) is 176 cm³/mol.